The molecule has 1 fully saturated rings. The van der Waals surface area contributed by atoms with E-state index in [2.05, 4.69) is 0 Å². The maximum absolute atomic E-state index is 11.1. The highest BCUT2D eigenvalue weighted by atomic mass is 35.5. The summed E-state index contributed by atoms with van der Waals surface area (Å²) in [5.41, 5.74) is -0.283. The van der Waals surface area contributed by atoms with E-state index in [0.29, 0.717) is 0 Å². The molecule has 0 heterocycles. The largest absolute Gasteiger partial charge is 0.481 e. The Bertz CT molecular complexity index is 322. The highest BCUT2D eigenvalue weighted by Crippen LogP contribution is 2.58. The average molecular weight is 247 g/mol. The van der Waals surface area contributed by atoms with E-state index < -0.39 is 17.9 Å². The Morgan fingerprint density at radius 2 is 2.12 bits per heavy atom. The summed E-state index contributed by atoms with van der Waals surface area (Å²) >= 11 is 5.35. The summed E-state index contributed by atoms with van der Waals surface area (Å²) in [5, 5.41) is 8.90. The van der Waals surface area contributed by atoms with Crippen LogP contribution in [0.2, 0.25) is 0 Å². The lowest BCUT2D eigenvalue weighted by Crippen LogP contribution is -2.03. The number of halogens is 1. The molecule has 0 aromatic rings. The van der Waals surface area contributed by atoms with Gasteiger partial charge in [0, 0.05) is 6.08 Å². The number of carboxylic acid groups (broad SMARTS) is 1. The van der Waals surface area contributed by atoms with Gasteiger partial charge in [-0.1, -0.05) is 19.9 Å². The molecule has 0 radical (unpaired) electrons. The minimum atomic E-state index is -0.825. The number of rotatable bonds is 5. The average Bonchev–Trinajstić information content (AvgIpc) is 2.74. The molecular weight excluding hydrogens is 232 g/mol. The fraction of sp³-hybridized carbons (Fsp3) is 0.636. The molecule has 0 amide bonds. The second kappa shape index (κ2) is 4.87. The van der Waals surface area contributed by atoms with Gasteiger partial charge in [-0.3, -0.25) is 4.79 Å². The predicted octanol–water partition coefficient (Wildman–Crippen LogP) is 1.68. The summed E-state index contributed by atoms with van der Waals surface area (Å²) in [7, 11) is 0. The van der Waals surface area contributed by atoms with Gasteiger partial charge in [-0.25, -0.2) is 4.79 Å². The van der Waals surface area contributed by atoms with Crippen molar-refractivity contribution in [3.8, 4) is 0 Å². The fourth-order valence-electron chi connectivity index (χ4n) is 1.88. The van der Waals surface area contributed by atoms with Crippen LogP contribution in [0.15, 0.2) is 12.2 Å². The van der Waals surface area contributed by atoms with Crippen molar-refractivity contribution in [1.82, 2.24) is 0 Å². The van der Waals surface area contributed by atoms with Crippen LogP contribution in [-0.2, 0) is 14.3 Å². The molecular formula is C11H15ClO4. The van der Waals surface area contributed by atoms with E-state index >= 15 is 0 Å². The summed E-state index contributed by atoms with van der Waals surface area (Å²) in [4.78, 5) is 21.9. The molecule has 0 aromatic carbocycles. The number of aliphatic carboxylic acids is 1. The van der Waals surface area contributed by atoms with Gasteiger partial charge in [-0.2, -0.15) is 0 Å². The fourth-order valence-corrected chi connectivity index (χ4v) is 1.96. The molecule has 1 aliphatic rings. The number of ether oxygens (including phenoxy) is 1. The van der Waals surface area contributed by atoms with Crippen LogP contribution in [0.4, 0.5) is 0 Å². The van der Waals surface area contributed by atoms with Gasteiger partial charge in [0.05, 0.1) is 11.8 Å². The van der Waals surface area contributed by atoms with Gasteiger partial charge in [-0.15, -0.1) is 11.6 Å². The van der Waals surface area contributed by atoms with Crippen molar-refractivity contribution in [2.45, 2.75) is 13.8 Å². The molecule has 1 aliphatic carbocycles. The Hall–Kier alpha value is -1.03. The van der Waals surface area contributed by atoms with Crippen LogP contribution >= 0.6 is 11.6 Å². The van der Waals surface area contributed by atoms with Gasteiger partial charge in [0.2, 0.25) is 0 Å². The highest BCUT2D eigenvalue weighted by molar-refractivity contribution is 6.18. The molecule has 1 N–H and O–H groups in total. The number of carboxylic acids is 1. The van der Waals surface area contributed by atoms with Crippen LogP contribution in [0, 0.1) is 17.3 Å². The summed E-state index contributed by atoms with van der Waals surface area (Å²) in [6.07, 6.45) is 2.89. The zero-order chi connectivity index (χ0) is 12.3. The number of hydrogen-bond acceptors (Lipinski definition) is 3. The number of carbonyl (C=O) groups is 2. The first-order valence-corrected chi connectivity index (χ1v) is 5.58. The van der Waals surface area contributed by atoms with Crippen molar-refractivity contribution in [3.63, 3.8) is 0 Å². The van der Waals surface area contributed by atoms with E-state index in [0.717, 1.165) is 0 Å². The lowest BCUT2D eigenvalue weighted by Gasteiger charge is -1.97. The molecule has 5 heteroatoms. The molecule has 1 rings (SSSR count). The lowest BCUT2D eigenvalue weighted by atomic mass is 10.1. The first-order valence-electron chi connectivity index (χ1n) is 5.05. The normalized spacial score (nSPS) is 26.7. The molecule has 1 saturated carbocycles. The zero-order valence-corrected chi connectivity index (χ0v) is 10.0. The molecule has 0 aromatic heterocycles. The van der Waals surface area contributed by atoms with Gasteiger partial charge in [0.15, 0.2) is 0 Å². The third kappa shape index (κ3) is 2.76. The number of allylic oxidation sites excluding steroid dienone is 1. The van der Waals surface area contributed by atoms with Gasteiger partial charge in [0.25, 0.3) is 0 Å². The summed E-state index contributed by atoms with van der Waals surface area (Å²) < 4.78 is 4.73. The van der Waals surface area contributed by atoms with Crippen molar-refractivity contribution in [1.29, 1.82) is 0 Å². The molecule has 0 saturated heterocycles. The third-order valence-electron chi connectivity index (χ3n) is 2.94. The van der Waals surface area contributed by atoms with E-state index in [1.807, 2.05) is 13.8 Å². The summed E-state index contributed by atoms with van der Waals surface area (Å²) in [5.74, 6) is -1.56. The quantitative estimate of drug-likeness (QED) is 0.455. The minimum Gasteiger partial charge on any atom is -0.481 e. The van der Waals surface area contributed by atoms with E-state index in [1.165, 1.54) is 6.08 Å². The summed E-state index contributed by atoms with van der Waals surface area (Å²) in [6.45, 7) is 3.90. The van der Waals surface area contributed by atoms with Crippen molar-refractivity contribution in [2.24, 2.45) is 17.3 Å². The van der Waals surface area contributed by atoms with Crippen molar-refractivity contribution in [2.75, 3.05) is 12.5 Å². The van der Waals surface area contributed by atoms with Gasteiger partial charge >= 0.3 is 11.9 Å². The Morgan fingerprint density at radius 1 is 1.50 bits per heavy atom. The van der Waals surface area contributed by atoms with E-state index in [1.54, 1.807) is 6.08 Å². The predicted molar refractivity (Wildman–Crippen MR) is 59.2 cm³/mol. The van der Waals surface area contributed by atoms with Crippen molar-refractivity contribution < 1.29 is 19.4 Å². The molecule has 2 unspecified atom stereocenters. The standard InChI is InChI=1S/C11H15ClO4/c1-11(2)7(9(11)10(14)15)3-4-8(13)16-6-5-12/h3-4,7,9H,5-6H2,1-2H3,(H,14,15). The minimum absolute atomic E-state index is 0.103. The molecule has 2 atom stereocenters. The molecule has 0 bridgehead atoms. The SMILES string of the molecule is CC1(C)C(C=CC(=O)OCCCl)C1C(=O)O. The Morgan fingerprint density at radius 3 is 2.56 bits per heavy atom. The number of hydrogen-bond donors (Lipinski definition) is 1. The van der Waals surface area contributed by atoms with Crippen LogP contribution in [-0.4, -0.2) is 29.5 Å². The number of alkyl halides is 1. The first kappa shape index (κ1) is 13.0. The van der Waals surface area contributed by atoms with Crippen LogP contribution in [0.1, 0.15) is 13.8 Å². The maximum Gasteiger partial charge on any atom is 0.330 e. The number of esters is 1. The van der Waals surface area contributed by atoms with E-state index in [4.69, 9.17) is 21.4 Å². The van der Waals surface area contributed by atoms with Crippen LogP contribution in [0.3, 0.4) is 0 Å². The molecule has 0 spiro atoms. The zero-order valence-electron chi connectivity index (χ0n) is 9.27. The first-order chi connectivity index (χ1) is 7.41. The monoisotopic (exact) mass is 246 g/mol. The van der Waals surface area contributed by atoms with Gasteiger partial charge < -0.3 is 9.84 Å². The van der Waals surface area contributed by atoms with Crippen molar-refractivity contribution >= 4 is 23.5 Å². The molecule has 0 aliphatic heterocycles. The maximum atomic E-state index is 11.1. The lowest BCUT2D eigenvalue weighted by molar-refractivity contribution is -0.140. The Labute approximate surface area is 99.2 Å². The van der Waals surface area contributed by atoms with E-state index in [-0.39, 0.29) is 23.8 Å². The van der Waals surface area contributed by atoms with Gasteiger partial charge in [-0.05, 0) is 11.3 Å². The molecule has 4 nitrogen and oxygen atoms in total. The Kier molecular flexibility index (Phi) is 3.97. The number of carbonyl (C=O) groups excluding carboxylic acids is 1. The van der Waals surface area contributed by atoms with Crippen LogP contribution in [0.5, 0.6) is 0 Å². The van der Waals surface area contributed by atoms with Gasteiger partial charge in [0.1, 0.15) is 6.61 Å². The van der Waals surface area contributed by atoms with Crippen LogP contribution in [0.25, 0.3) is 0 Å². The second-order valence-electron chi connectivity index (χ2n) is 4.38. The smallest absolute Gasteiger partial charge is 0.330 e. The molecule has 16 heavy (non-hydrogen) atoms. The highest BCUT2D eigenvalue weighted by Gasteiger charge is 2.60. The topological polar surface area (TPSA) is 63.6 Å². The summed E-state index contributed by atoms with van der Waals surface area (Å²) in [6, 6.07) is 0. The molecule has 90 valence electrons. The second-order valence-corrected chi connectivity index (χ2v) is 4.76. The van der Waals surface area contributed by atoms with Crippen molar-refractivity contribution in [3.05, 3.63) is 12.2 Å². The Balaban J connectivity index is 2.47. The van der Waals surface area contributed by atoms with Crippen LogP contribution < -0.4 is 0 Å². The van der Waals surface area contributed by atoms with E-state index in [9.17, 15) is 9.59 Å². The third-order valence-corrected chi connectivity index (χ3v) is 3.09.